The largest absolute Gasteiger partial charge is 0.315 e. The zero-order valence-corrected chi connectivity index (χ0v) is 10.1. The zero-order valence-electron chi connectivity index (χ0n) is 8.53. The monoisotopic (exact) mass is 258 g/mol. The van der Waals surface area contributed by atoms with Crippen LogP contribution < -0.4 is 5.56 Å². The van der Waals surface area contributed by atoms with Crippen LogP contribution in [0.3, 0.4) is 0 Å². The van der Waals surface area contributed by atoms with Gasteiger partial charge in [0, 0.05) is 12.7 Å². The van der Waals surface area contributed by atoms with Crippen LogP contribution in [-0.2, 0) is 6.54 Å². The summed E-state index contributed by atoms with van der Waals surface area (Å²) in [6, 6.07) is 3.64. The molecule has 0 saturated carbocycles. The number of hydrogen-bond acceptors (Lipinski definition) is 2. The van der Waals surface area contributed by atoms with Gasteiger partial charge in [-0.3, -0.25) is 4.79 Å². The summed E-state index contributed by atoms with van der Waals surface area (Å²) in [5.41, 5.74) is 0.0475. The fraction of sp³-hybridized carbons (Fsp3) is 0.500. The molecule has 0 saturated heterocycles. The van der Waals surface area contributed by atoms with Crippen LogP contribution in [0.25, 0.3) is 0 Å². The summed E-state index contributed by atoms with van der Waals surface area (Å²) in [6.07, 6.45) is 2.81. The number of hydrogen-bond donors (Lipinski definition) is 0. The molecule has 78 valence electrons. The van der Waals surface area contributed by atoms with E-state index in [1.54, 1.807) is 10.6 Å². The number of aryl methyl sites for hydroxylation is 1. The van der Waals surface area contributed by atoms with Gasteiger partial charge in [0.15, 0.2) is 0 Å². The second kappa shape index (κ2) is 5.32. The molecule has 0 spiro atoms. The molecular weight excluding hydrogens is 244 g/mol. The van der Waals surface area contributed by atoms with E-state index in [0.717, 1.165) is 19.5 Å². The Labute approximate surface area is 92.5 Å². The molecule has 1 aromatic rings. The third-order valence-electron chi connectivity index (χ3n) is 1.98. The highest BCUT2D eigenvalue weighted by Gasteiger charge is 1.99. The SMILES string of the molecule is CN(C)CCCn1cccc(Br)c1=O. The van der Waals surface area contributed by atoms with Gasteiger partial charge in [-0.2, -0.15) is 0 Å². The van der Waals surface area contributed by atoms with Crippen molar-refractivity contribution in [3.63, 3.8) is 0 Å². The molecule has 4 heteroatoms. The van der Waals surface area contributed by atoms with Crippen molar-refractivity contribution in [1.29, 1.82) is 0 Å². The molecule has 0 aliphatic heterocycles. The number of halogens is 1. The fourth-order valence-corrected chi connectivity index (χ4v) is 1.62. The predicted octanol–water partition coefficient (Wildman–Crippen LogP) is 1.56. The molecule has 0 fully saturated rings. The first-order valence-electron chi connectivity index (χ1n) is 4.61. The number of aromatic nitrogens is 1. The molecule has 3 nitrogen and oxygen atoms in total. The lowest BCUT2D eigenvalue weighted by atomic mass is 10.4. The van der Waals surface area contributed by atoms with Crippen molar-refractivity contribution in [2.24, 2.45) is 0 Å². The number of pyridine rings is 1. The Hall–Kier alpha value is -0.610. The van der Waals surface area contributed by atoms with E-state index in [1.807, 2.05) is 26.4 Å². The van der Waals surface area contributed by atoms with Crippen LogP contribution in [0.1, 0.15) is 6.42 Å². The third kappa shape index (κ3) is 3.27. The van der Waals surface area contributed by atoms with Crippen LogP contribution in [0.4, 0.5) is 0 Å². The molecule has 0 aromatic carbocycles. The molecule has 0 radical (unpaired) electrons. The third-order valence-corrected chi connectivity index (χ3v) is 2.58. The van der Waals surface area contributed by atoms with Crippen molar-refractivity contribution in [3.8, 4) is 0 Å². The van der Waals surface area contributed by atoms with Crippen molar-refractivity contribution in [2.45, 2.75) is 13.0 Å². The highest BCUT2D eigenvalue weighted by Crippen LogP contribution is 2.01. The molecule has 0 amide bonds. The van der Waals surface area contributed by atoms with E-state index in [0.29, 0.717) is 4.47 Å². The average Bonchev–Trinajstić information content (AvgIpc) is 2.12. The van der Waals surface area contributed by atoms with Crippen molar-refractivity contribution in [3.05, 3.63) is 33.2 Å². The molecule has 0 bridgehead atoms. The smallest absolute Gasteiger partial charge is 0.264 e. The maximum atomic E-state index is 11.5. The Balaban J connectivity index is 2.59. The van der Waals surface area contributed by atoms with Crippen molar-refractivity contribution < 1.29 is 0 Å². The van der Waals surface area contributed by atoms with Crippen LogP contribution >= 0.6 is 15.9 Å². The van der Waals surface area contributed by atoms with Gasteiger partial charge in [0.05, 0.1) is 4.47 Å². The van der Waals surface area contributed by atoms with Gasteiger partial charge in [0.1, 0.15) is 0 Å². The van der Waals surface area contributed by atoms with Crippen molar-refractivity contribution in [1.82, 2.24) is 9.47 Å². The van der Waals surface area contributed by atoms with Gasteiger partial charge in [-0.1, -0.05) is 0 Å². The maximum Gasteiger partial charge on any atom is 0.264 e. The topological polar surface area (TPSA) is 25.2 Å². The first-order chi connectivity index (χ1) is 6.61. The van der Waals surface area contributed by atoms with E-state index >= 15 is 0 Å². The van der Waals surface area contributed by atoms with Crippen LogP contribution in [0, 0.1) is 0 Å². The van der Waals surface area contributed by atoms with E-state index < -0.39 is 0 Å². The summed E-state index contributed by atoms with van der Waals surface area (Å²) in [5.74, 6) is 0. The lowest BCUT2D eigenvalue weighted by molar-refractivity contribution is 0.384. The lowest BCUT2D eigenvalue weighted by Gasteiger charge is -2.10. The second-order valence-electron chi connectivity index (χ2n) is 3.51. The molecule has 0 N–H and O–H groups in total. The molecule has 1 rings (SSSR count). The minimum Gasteiger partial charge on any atom is -0.315 e. The highest BCUT2D eigenvalue weighted by atomic mass is 79.9. The number of rotatable bonds is 4. The van der Waals surface area contributed by atoms with Crippen molar-refractivity contribution in [2.75, 3.05) is 20.6 Å². The van der Waals surface area contributed by atoms with Crippen LogP contribution in [0.5, 0.6) is 0 Å². The summed E-state index contributed by atoms with van der Waals surface area (Å²) in [4.78, 5) is 13.7. The van der Waals surface area contributed by atoms with Crippen molar-refractivity contribution >= 4 is 15.9 Å². The summed E-state index contributed by atoms with van der Waals surface area (Å²) in [7, 11) is 4.06. The molecule has 0 atom stereocenters. The lowest BCUT2D eigenvalue weighted by Crippen LogP contribution is -2.22. The average molecular weight is 259 g/mol. The van der Waals surface area contributed by atoms with Crippen LogP contribution in [0.15, 0.2) is 27.6 Å². The summed E-state index contributed by atoms with van der Waals surface area (Å²) >= 11 is 3.22. The van der Waals surface area contributed by atoms with E-state index in [1.165, 1.54) is 0 Å². The second-order valence-corrected chi connectivity index (χ2v) is 4.37. The molecule has 0 aliphatic rings. The molecular formula is C10H15BrN2O. The van der Waals surface area contributed by atoms with Crippen LogP contribution in [0.2, 0.25) is 0 Å². The van der Waals surface area contributed by atoms with Gasteiger partial charge < -0.3 is 9.47 Å². The molecule has 0 aliphatic carbocycles. The van der Waals surface area contributed by atoms with E-state index in [4.69, 9.17) is 0 Å². The van der Waals surface area contributed by atoms with Gasteiger partial charge in [-0.25, -0.2) is 0 Å². The Morgan fingerprint density at radius 2 is 2.21 bits per heavy atom. The Bertz CT molecular complexity index is 346. The Morgan fingerprint density at radius 1 is 1.50 bits per heavy atom. The van der Waals surface area contributed by atoms with E-state index in [9.17, 15) is 4.79 Å². The minimum atomic E-state index is 0.0475. The van der Waals surface area contributed by atoms with Gasteiger partial charge in [0.2, 0.25) is 0 Å². The van der Waals surface area contributed by atoms with Crippen LogP contribution in [-0.4, -0.2) is 30.1 Å². The minimum absolute atomic E-state index is 0.0475. The standard InChI is InChI=1S/C10H15BrN2O/c1-12(2)6-4-8-13-7-3-5-9(11)10(13)14/h3,5,7H,4,6,8H2,1-2H3. The maximum absolute atomic E-state index is 11.5. The van der Waals surface area contributed by atoms with E-state index in [2.05, 4.69) is 20.8 Å². The summed E-state index contributed by atoms with van der Waals surface area (Å²) < 4.78 is 2.36. The Morgan fingerprint density at radius 3 is 2.86 bits per heavy atom. The quantitative estimate of drug-likeness (QED) is 0.820. The highest BCUT2D eigenvalue weighted by molar-refractivity contribution is 9.10. The summed E-state index contributed by atoms with van der Waals surface area (Å²) in [5, 5.41) is 0. The summed E-state index contributed by atoms with van der Waals surface area (Å²) in [6.45, 7) is 1.77. The first kappa shape index (κ1) is 11.5. The van der Waals surface area contributed by atoms with Gasteiger partial charge in [-0.05, 0) is 55.1 Å². The Kier molecular flexibility index (Phi) is 4.35. The molecule has 1 aromatic heterocycles. The first-order valence-corrected chi connectivity index (χ1v) is 5.40. The fourth-order valence-electron chi connectivity index (χ4n) is 1.24. The normalized spacial score (nSPS) is 10.9. The van der Waals surface area contributed by atoms with E-state index in [-0.39, 0.29) is 5.56 Å². The van der Waals surface area contributed by atoms with Gasteiger partial charge in [-0.15, -0.1) is 0 Å². The van der Waals surface area contributed by atoms with Gasteiger partial charge >= 0.3 is 0 Å². The molecule has 0 unspecified atom stereocenters. The zero-order chi connectivity index (χ0) is 10.6. The molecule has 14 heavy (non-hydrogen) atoms. The molecule has 1 heterocycles. The number of nitrogens with zero attached hydrogens (tertiary/aromatic N) is 2. The van der Waals surface area contributed by atoms with Gasteiger partial charge in [0.25, 0.3) is 5.56 Å². The predicted molar refractivity (Wildman–Crippen MR) is 61.6 cm³/mol.